The molecule has 1 aromatic heterocycles. The zero-order valence-corrected chi connectivity index (χ0v) is 13.1. The molecule has 0 spiro atoms. The van der Waals surface area contributed by atoms with Gasteiger partial charge in [-0.3, -0.25) is 4.99 Å². The van der Waals surface area contributed by atoms with E-state index in [0.717, 1.165) is 15.9 Å². The van der Waals surface area contributed by atoms with E-state index >= 15 is 0 Å². The molecule has 0 aliphatic heterocycles. The molecule has 0 unspecified atom stereocenters. The van der Waals surface area contributed by atoms with E-state index in [9.17, 15) is 0 Å². The normalized spacial score (nSPS) is 11.6. The number of aryl methyl sites for hydroxylation is 1. The fraction of sp³-hybridized carbons (Fsp3) is 0.214. The minimum Gasteiger partial charge on any atom is -0.370 e. The minimum absolute atomic E-state index is 0.458. The molecule has 0 aliphatic rings. The Morgan fingerprint density at radius 2 is 2.00 bits per heavy atom. The third kappa shape index (κ3) is 4.69. The average Bonchev–Trinajstić information content (AvgIpc) is 2.78. The van der Waals surface area contributed by atoms with Gasteiger partial charge in [-0.1, -0.05) is 17.7 Å². The topological polar surface area (TPSA) is 50.4 Å². The van der Waals surface area contributed by atoms with E-state index < -0.39 is 0 Å². The summed E-state index contributed by atoms with van der Waals surface area (Å²) in [6, 6.07) is 12.2. The first kappa shape index (κ1) is 14.1. The lowest BCUT2D eigenvalue weighted by Gasteiger charge is -2.05. The van der Waals surface area contributed by atoms with Crippen molar-refractivity contribution in [3.05, 3.63) is 50.6 Å². The van der Waals surface area contributed by atoms with Crippen molar-refractivity contribution in [2.45, 2.75) is 13.3 Å². The number of thiophene rings is 1. The van der Waals surface area contributed by atoms with E-state index in [2.05, 4.69) is 45.3 Å². The summed E-state index contributed by atoms with van der Waals surface area (Å²) >= 11 is 5.18. The summed E-state index contributed by atoms with van der Waals surface area (Å²) in [5, 5.41) is 3.08. The number of halogens is 1. The van der Waals surface area contributed by atoms with Crippen LogP contribution in [0.4, 0.5) is 5.69 Å². The van der Waals surface area contributed by atoms with Gasteiger partial charge in [-0.05, 0) is 47.1 Å². The van der Waals surface area contributed by atoms with Gasteiger partial charge in [-0.25, -0.2) is 0 Å². The van der Waals surface area contributed by atoms with Gasteiger partial charge in [-0.15, -0.1) is 11.3 Å². The number of anilines is 1. The summed E-state index contributed by atoms with van der Waals surface area (Å²) in [4.78, 5) is 5.63. The fourth-order valence-corrected chi connectivity index (χ4v) is 3.07. The molecule has 0 radical (unpaired) electrons. The molecule has 0 aliphatic carbocycles. The van der Waals surface area contributed by atoms with Crippen molar-refractivity contribution in [2.75, 3.05) is 11.9 Å². The third-order valence-corrected chi connectivity index (χ3v) is 4.28. The van der Waals surface area contributed by atoms with Gasteiger partial charge in [0.15, 0.2) is 5.96 Å². The van der Waals surface area contributed by atoms with Crippen LogP contribution < -0.4 is 11.1 Å². The van der Waals surface area contributed by atoms with Crippen LogP contribution in [-0.2, 0) is 6.42 Å². The quantitative estimate of drug-likeness (QED) is 0.658. The van der Waals surface area contributed by atoms with Crippen LogP contribution in [0.1, 0.15) is 10.4 Å². The highest BCUT2D eigenvalue weighted by Crippen LogP contribution is 2.22. The maximum atomic E-state index is 5.85. The van der Waals surface area contributed by atoms with Crippen LogP contribution in [-0.4, -0.2) is 12.5 Å². The Morgan fingerprint density at radius 3 is 2.63 bits per heavy atom. The van der Waals surface area contributed by atoms with Gasteiger partial charge >= 0.3 is 0 Å². The predicted octanol–water partition coefficient (Wildman–Crippen LogP) is 3.79. The minimum atomic E-state index is 0.458. The Balaban J connectivity index is 1.84. The zero-order valence-electron chi connectivity index (χ0n) is 10.7. The second-order valence-electron chi connectivity index (χ2n) is 4.21. The standard InChI is InChI=1S/C14H16BrN3S/c1-10-2-4-11(5-3-10)18-14(16)17-9-8-12-6-7-13(15)19-12/h2-7H,8-9H2,1H3,(H3,16,17,18). The molecule has 100 valence electrons. The lowest BCUT2D eigenvalue weighted by Crippen LogP contribution is -2.23. The molecule has 3 N–H and O–H groups in total. The lowest BCUT2D eigenvalue weighted by molar-refractivity contribution is 0.983. The van der Waals surface area contributed by atoms with E-state index in [0.29, 0.717) is 12.5 Å². The molecule has 0 bridgehead atoms. The second kappa shape index (κ2) is 6.73. The Hall–Kier alpha value is -1.33. The number of benzene rings is 1. The maximum absolute atomic E-state index is 5.85. The van der Waals surface area contributed by atoms with Crippen molar-refractivity contribution >= 4 is 38.9 Å². The largest absolute Gasteiger partial charge is 0.370 e. The number of nitrogens with zero attached hydrogens (tertiary/aromatic N) is 1. The molecular formula is C14H16BrN3S. The zero-order chi connectivity index (χ0) is 13.7. The molecule has 1 heterocycles. The van der Waals surface area contributed by atoms with Crippen molar-refractivity contribution in [2.24, 2.45) is 10.7 Å². The molecule has 0 amide bonds. The van der Waals surface area contributed by atoms with Gasteiger partial charge in [0.2, 0.25) is 0 Å². The van der Waals surface area contributed by atoms with E-state index in [1.165, 1.54) is 10.4 Å². The Morgan fingerprint density at radius 1 is 1.26 bits per heavy atom. The van der Waals surface area contributed by atoms with Gasteiger partial charge in [0.1, 0.15) is 0 Å². The first-order valence-electron chi connectivity index (χ1n) is 6.01. The second-order valence-corrected chi connectivity index (χ2v) is 6.76. The molecule has 0 fully saturated rings. The van der Waals surface area contributed by atoms with E-state index in [-0.39, 0.29) is 0 Å². The Labute approximate surface area is 125 Å². The molecule has 2 rings (SSSR count). The van der Waals surface area contributed by atoms with Gasteiger partial charge < -0.3 is 11.1 Å². The number of hydrogen-bond acceptors (Lipinski definition) is 2. The van der Waals surface area contributed by atoms with Gasteiger partial charge in [0.05, 0.1) is 3.79 Å². The summed E-state index contributed by atoms with van der Waals surface area (Å²) in [6.07, 6.45) is 0.909. The number of rotatable bonds is 4. The Bertz CT molecular complexity index is 560. The van der Waals surface area contributed by atoms with Crippen molar-refractivity contribution in [1.82, 2.24) is 0 Å². The molecular weight excluding hydrogens is 322 g/mol. The summed E-state index contributed by atoms with van der Waals surface area (Å²) in [6.45, 7) is 2.75. The monoisotopic (exact) mass is 337 g/mol. The van der Waals surface area contributed by atoms with Crippen molar-refractivity contribution in [3.8, 4) is 0 Å². The Kier molecular flexibility index (Phi) is 4.99. The van der Waals surface area contributed by atoms with Gasteiger partial charge in [-0.2, -0.15) is 0 Å². The van der Waals surface area contributed by atoms with Crippen molar-refractivity contribution in [3.63, 3.8) is 0 Å². The first-order chi connectivity index (χ1) is 9.13. The summed E-state index contributed by atoms with van der Waals surface area (Å²) in [7, 11) is 0. The van der Waals surface area contributed by atoms with E-state index in [1.807, 2.05) is 24.3 Å². The van der Waals surface area contributed by atoms with E-state index in [1.54, 1.807) is 11.3 Å². The SMILES string of the molecule is Cc1ccc(NC(N)=NCCc2ccc(Br)s2)cc1. The first-order valence-corrected chi connectivity index (χ1v) is 7.62. The number of hydrogen-bond donors (Lipinski definition) is 2. The third-order valence-electron chi connectivity index (χ3n) is 2.59. The highest BCUT2D eigenvalue weighted by atomic mass is 79.9. The van der Waals surface area contributed by atoms with Crippen LogP contribution in [0.2, 0.25) is 0 Å². The van der Waals surface area contributed by atoms with Crippen LogP contribution in [0, 0.1) is 6.92 Å². The van der Waals surface area contributed by atoms with E-state index in [4.69, 9.17) is 5.73 Å². The summed E-state index contributed by atoms with van der Waals surface area (Å²) in [5.41, 5.74) is 8.04. The van der Waals surface area contributed by atoms with Crippen LogP contribution in [0.5, 0.6) is 0 Å². The van der Waals surface area contributed by atoms with Crippen LogP contribution in [0.25, 0.3) is 0 Å². The summed E-state index contributed by atoms with van der Waals surface area (Å²) < 4.78 is 1.15. The van der Waals surface area contributed by atoms with Crippen LogP contribution in [0.3, 0.4) is 0 Å². The number of nitrogens with one attached hydrogen (secondary N) is 1. The highest BCUT2D eigenvalue weighted by Gasteiger charge is 1.98. The fourth-order valence-electron chi connectivity index (χ4n) is 1.60. The molecule has 0 saturated carbocycles. The molecule has 0 saturated heterocycles. The molecule has 2 aromatic rings. The molecule has 1 aromatic carbocycles. The van der Waals surface area contributed by atoms with Gasteiger partial charge in [0, 0.05) is 23.5 Å². The lowest BCUT2D eigenvalue weighted by atomic mass is 10.2. The smallest absolute Gasteiger partial charge is 0.193 e. The predicted molar refractivity (Wildman–Crippen MR) is 87.0 cm³/mol. The number of aliphatic imine (C=N–C) groups is 1. The summed E-state index contributed by atoms with van der Waals surface area (Å²) in [5.74, 6) is 0.458. The van der Waals surface area contributed by atoms with Crippen molar-refractivity contribution in [1.29, 1.82) is 0 Å². The van der Waals surface area contributed by atoms with Crippen molar-refractivity contribution < 1.29 is 0 Å². The highest BCUT2D eigenvalue weighted by molar-refractivity contribution is 9.11. The number of guanidine groups is 1. The van der Waals surface area contributed by atoms with Crippen LogP contribution >= 0.6 is 27.3 Å². The van der Waals surface area contributed by atoms with Crippen LogP contribution in [0.15, 0.2) is 45.2 Å². The number of nitrogens with two attached hydrogens (primary N) is 1. The maximum Gasteiger partial charge on any atom is 0.193 e. The van der Waals surface area contributed by atoms with Gasteiger partial charge in [0.25, 0.3) is 0 Å². The molecule has 19 heavy (non-hydrogen) atoms. The molecule has 3 nitrogen and oxygen atoms in total. The molecule has 5 heteroatoms. The molecule has 0 atom stereocenters. The average molecular weight is 338 g/mol.